The van der Waals surface area contributed by atoms with Crippen molar-refractivity contribution in [1.29, 1.82) is 0 Å². The highest BCUT2D eigenvalue weighted by Crippen LogP contribution is 2.19. The molecule has 0 aliphatic carbocycles. The molecule has 0 bridgehead atoms. The number of rotatable bonds is 3. The van der Waals surface area contributed by atoms with Gasteiger partial charge in [0.05, 0.1) is 6.42 Å². The smallest absolute Gasteiger partial charge is 0.312 e. The summed E-state index contributed by atoms with van der Waals surface area (Å²) in [5.74, 6) is -1.06. The first-order chi connectivity index (χ1) is 13.0. The highest BCUT2D eigenvalue weighted by molar-refractivity contribution is 6.35. The molecule has 1 aliphatic rings. The van der Waals surface area contributed by atoms with Gasteiger partial charge in [-0.2, -0.15) is 0 Å². The van der Waals surface area contributed by atoms with Crippen LogP contribution in [0.25, 0.3) is 10.8 Å². The van der Waals surface area contributed by atoms with Gasteiger partial charge in [0.1, 0.15) is 0 Å². The van der Waals surface area contributed by atoms with Gasteiger partial charge in [-0.3, -0.25) is 14.4 Å². The second kappa shape index (κ2) is 8.20. The highest BCUT2D eigenvalue weighted by Gasteiger charge is 2.28. The lowest BCUT2D eigenvalue weighted by Gasteiger charge is -2.34. The molecule has 6 nitrogen and oxygen atoms in total. The van der Waals surface area contributed by atoms with Gasteiger partial charge in [0.2, 0.25) is 5.91 Å². The largest absolute Gasteiger partial charge is 0.346 e. The van der Waals surface area contributed by atoms with Crippen LogP contribution in [0, 0.1) is 0 Å². The van der Waals surface area contributed by atoms with E-state index in [1.165, 1.54) is 4.90 Å². The summed E-state index contributed by atoms with van der Waals surface area (Å²) in [6, 6.07) is 13.9. The zero-order valence-corrected chi connectivity index (χ0v) is 15.8. The summed E-state index contributed by atoms with van der Waals surface area (Å²) in [7, 11) is 0. The fourth-order valence-corrected chi connectivity index (χ4v) is 3.35. The molecule has 1 aliphatic heterocycles. The standard InChI is InChI=1S/C21H25N3O3/c1-15(2)22-20(26)21(27)24-12-10-23(11-13-24)19(25)14-17-8-5-7-16-6-3-4-9-18(16)17/h3-9,15H,10-14H2,1-2H3,(H,22,26). The number of benzene rings is 2. The van der Waals surface area contributed by atoms with Gasteiger partial charge in [-0.15, -0.1) is 0 Å². The van der Waals surface area contributed by atoms with Crippen molar-refractivity contribution in [3.8, 4) is 0 Å². The number of piperazine rings is 1. The third kappa shape index (κ3) is 4.45. The van der Waals surface area contributed by atoms with E-state index >= 15 is 0 Å². The van der Waals surface area contributed by atoms with Crippen molar-refractivity contribution in [3.63, 3.8) is 0 Å². The molecular formula is C21H25N3O3. The van der Waals surface area contributed by atoms with Crippen molar-refractivity contribution in [3.05, 3.63) is 48.0 Å². The molecule has 0 unspecified atom stereocenters. The number of nitrogens with zero attached hydrogens (tertiary/aromatic N) is 2. The molecule has 142 valence electrons. The molecule has 1 N–H and O–H groups in total. The summed E-state index contributed by atoms with van der Waals surface area (Å²) in [5.41, 5.74) is 1.01. The number of amides is 3. The van der Waals surface area contributed by atoms with Crippen molar-refractivity contribution < 1.29 is 14.4 Å². The Hall–Kier alpha value is -2.89. The molecule has 2 aromatic rings. The van der Waals surface area contributed by atoms with Crippen molar-refractivity contribution in [2.75, 3.05) is 26.2 Å². The predicted octanol–water partition coefficient (Wildman–Crippen LogP) is 1.58. The van der Waals surface area contributed by atoms with Crippen LogP contribution in [-0.4, -0.2) is 59.7 Å². The van der Waals surface area contributed by atoms with Crippen LogP contribution in [0.1, 0.15) is 19.4 Å². The Morgan fingerprint density at radius 1 is 0.926 bits per heavy atom. The van der Waals surface area contributed by atoms with Gasteiger partial charge in [-0.05, 0) is 30.2 Å². The maximum Gasteiger partial charge on any atom is 0.312 e. The van der Waals surface area contributed by atoms with Crippen LogP contribution in [0.2, 0.25) is 0 Å². The number of nitrogens with one attached hydrogen (secondary N) is 1. The van der Waals surface area contributed by atoms with E-state index in [-0.39, 0.29) is 11.9 Å². The van der Waals surface area contributed by atoms with E-state index in [1.54, 1.807) is 4.90 Å². The number of carbonyl (C=O) groups is 3. The molecule has 1 fully saturated rings. The Kier molecular flexibility index (Phi) is 5.74. The van der Waals surface area contributed by atoms with Crippen molar-refractivity contribution in [1.82, 2.24) is 15.1 Å². The Labute approximate surface area is 159 Å². The van der Waals surface area contributed by atoms with Crippen LogP contribution >= 0.6 is 0 Å². The van der Waals surface area contributed by atoms with E-state index in [2.05, 4.69) is 5.32 Å². The molecule has 2 aromatic carbocycles. The Balaban J connectivity index is 1.59. The van der Waals surface area contributed by atoms with Gasteiger partial charge < -0.3 is 15.1 Å². The summed E-state index contributed by atoms with van der Waals surface area (Å²) in [6.07, 6.45) is 0.336. The maximum atomic E-state index is 12.7. The molecule has 3 rings (SSSR count). The Morgan fingerprint density at radius 3 is 2.26 bits per heavy atom. The second-order valence-corrected chi connectivity index (χ2v) is 7.12. The molecule has 6 heteroatoms. The third-order valence-corrected chi connectivity index (χ3v) is 4.76. The van der Waals surface area contributed by atoms with E-state index in [0.717, 1.165) is 16.3 Å². The fraction of sp³-hybridized carbons (Fsp3) is 0.381. The van der Waals surface area contributed by atoms with Gasteiger partial charge in [0.25, 0.3) is 0 Å². The average molecular weight is 367 g/mol. The van der Waals surface area contributed by atoms with Crippen LogP contribution in [0.5, 0.6) is 0 Å². The molecule has 3 amide bonds. The molecule has 0 atom stereocenters. The predicted molar refractivity (Wildman–Crippen MR) is 104 cm³/mol. The molecule has 1 saturated heterocycles. The molecule has 0 spiro atoms. The minimum Gasteiger partial charge on any atom is -0.346 e. The topological polar surface area (TPSA) is 69.7 Å². The van der Waals surface area contributed by atoms with E-state index in [9.17, 15) is 14.4 Å². The monoisotopic (exact) mass is 367 g/mol. The quantitative estimate of drug-likeness (QED) is 0.838. The summed E-state index contributed by atoms with van der Waals surface area (Å²) < 4.78 is 0. The zero-order valence-electron chi connectivity index (χ0n) is 15.8. The SMILES string of the molecule is CC(C)NC(=O)C(=O)N1CCN(C(=O)Cc2cccc3ccccc23)CC1. The third-order valence-electron chi connectivity index (χ3n) is 4.76. The first-order valence-electron chi connectivity index (χ1n) is 9.30. The molecule has 0 aromatic heterocycles. The van der Waals surface area contributed by atoms with Gasteiger partial charge in [-0.1, -0.05) is 42.5 Å². The lowest BCUT2D eigenvalue weighted by Crippen LogP contribution is -2.54. The minimum atomic E-state index is -0.583. The number of carbonyl (C=O) groups excluding carboxylic acids is 3. The zero-order chi connectivity index (χ0) is 19.4. The van der Waals surface area contributed by atoms with Crippen LogP contribution in [-0.2, 0) is 20.8 Å². The first-order valence-corrected chi connectivity index (χ1v) is 9.30. The molecule has 27 heavy (non-hydrogen) atoms. The van der Waals surface area contributed by atoms with Crippen LogP contribution in [0.3, 0.4) is 0 Å². The fourth-order valence-electron chi connectivity index (χ4n) is 3.35. The Morgan fingerprint density at radius 2 is 1.56 bits per heavy atom. The van der Waals surface area contributed by atoms with E-state index < -0.39 is 11.8 Å². The summed E-state index contributed by atoms with van der Waals surface area (Å²) >= 11 is 0. The normalized spacial score (nSPS) is 14.5. The lowest BCUT2D eigenvalue weighted by molar-refractivity contribution is -0.148. The first kappa shape index (κ1) is 18.9. The number of hydrogen-bond acceptors (Lipinski definition) is 3. The van der Waals surface area contributed by atoms with Crippen LogP contribution in [0.4, 0.5) is 0 Å². The van der Waals surface area contributed by atoms with E-state index in [4.69, 9.17) is 0 Å². The minimum absolute atomic E-state index is 0.0464. The highest BCUT2D eigenvalue weighted by atomic mass is 16.2. The van der Waals surface area contributed by atoms with Gasteiger partial charge in [0, 0.05) is 32.2 Å². The molecular weight excluding hydrogens is 342 g/mol. The maximum absolute atomic E-state index is 12.7. The number of hydrogen-bond donors (Lipinski definition) is 1. The summed E-state index contributed by atoms with van der Waals surface area (Å²) in [5, 5.41) is 4.82. The van der Waals surface area contributed by atoms with Crippen LogP contribution in [0.15, 0.2) is 42.5 Å². The van der Waals surface area contributed by atoms with Crippen molar-refractivity contribution in [2.45, 2.75) is 26.3 Å². The van der Waals surface area contributed by atoms with E-state index in [1.807, 2.05) is 56.3 Å². The van der Waals surface area contributed by atoms with Gasteiger partial charge >= 0.3 is 11.8 Å². The molecule has 1 heterocycles. The van der Waals surface area contributed by atoms with Gasteiger partial charge in [-0.25, -0.2) is 0 Å². The average Bonchev–Trinajstić information content (AvgIpc) is 2.67. The van der Waals surface area contributed by atoms with E-state index in [0.29, 0.717) is 32.6 Å². The van der Waals surface area contributed by atoms with Gasteiger partial charge in [0.15, 0.2) is 0 Å². The lowest BCUT2D eigenvalue weighted by atomic mass is 10.0. The number of fused-ring (bicyclic) bond motifs is 1. The molecule has 0 radical (unpaired) electrons. The van der Waals surface area contributed by atoms with Crippen molar-refractivity contribution in [2.24, 2.45) is 0 Å². The van der Waals surface area contributed by atoms with Crippen molar-refractivity contribution >= 4 is 28.5 Å². The Bertz CT molecular complexity index is 849. The summed E-state index contributed by atoms with van der Waals surface area (Å²) in [4.78, 5) is 40.0. The summed E-state index contributed by atoms with van der Waals surface area (Å²) in [6.45, 7) is 5.29. The second-order valence-electron chi connectivity index (χ2n) is 7.12. The van der Waals surface area contributed by atoms with Crippen LogP contribution < -0.4 is 5.32 Å². The molecule has 0 saturated carbocycles.